The molecule has 0 aliphatic carbocycles. The second kappa shape index (κ2) is 41.3. The van der Waals surface area contributed by atoms with Gasteiger partial charge in [-0.2, -0.15) is 11.8 Å². The van der Waals surface area contributed by atoms with Crippen LogP contribution in [0.5, 0.6) is 0 Å². The highest BCUT2D eigenvalue weighted by Crippen LogP contribution is 2.27. The lowest BCUT2D eigenvalue weighted by Gasteiger charge is -2.41. The summed E-state index contributed by atoms with van der Waals surface area (Å²) in [6.45, 7) is 28.1. The van der Waals surface area contributed by atoms with Gasteiger partial charge in [-0.05, 0) is 143 Å². The fourth-order valence-electron chi connectivity index (χ4n) is 12.6. The van der Waals surface area contributed by atoms with Gasteiger partial charge in [0.2, 0.25) is 65.0 Å². The monoisotopic (exact) mass is 1400 g/mol. The van der Waals surface area contributed by atoms with E-state index in [4.69, 9.17) is 5.73 Å². The number of carbonyl (C=O) groups excluding carboxylic acids is 11. The van der Waals surface area contributed by atoms with E-state index in [1.807, 2.05) is 73.6 Å². The van der Waals surface area contributed by atoms with Gasteiger partial charge in [0.1, 0.15) is 66.5 Å². The maximum Gasteiger partial charge on any atom is 0.246 e. The molecule has 0 unspecified atom stereocenters. The lowest BCUT2D eigenvalue weighted by molar-refractivity contribution is -0.157. The Morgan fingerprint density at radius 2 is 0.929 bits per heavy atom. The number of likely N-dealkylation sites (N-methyl/N-ethyl adjacent to an activating group) is 7. The number of anilines is 1. The Balaban J connectivity index is 3.12. The molecule has 1 aliphatic heterocycles. The Labute approximate surface area is 590 Å². The highest BCUT2D eigenvalue weighted by atomic mass is 32.2. The van der Waals surface area contributed by atoms with Crippen LogP contribution in [0.3, 0.4) is 0 Å². The van der Waals surface area contributed by atoms with Crippen molar-refractivity contribution >= 4 is 82.4 Å². The Morgan fingerprint density at radius 3 is 1.42 bits per heavy atom. The number of unbranched alkanes of at least 4 members (excludes halogenated alkanes) is 1. The zero-order chi connectivity index (χ0) is 75.1. The van der Waals surface area contributed by atoms with Crippen molar-refractivity contribution in [2.75, 3.05) is 73.2 Å². The first-order chi connectivity index (χ1) is 45.6. The third kappa shape index (κ3) is 25.3. The van der Waals surface area contributed by atoms with Gasteiger partial charge in [-0.25, -0.2) is 0 Å². The molecule has 1 fully saturated rings. The molecule has 0 spiro atoms. The smallest absolute Gasteiger partial charge is 0.246 e. The van der Waals surface area contributed by atoms with Gasteiger partial charge in [0.15, 0.2) is 0 Å². The highest BCUT2D eigenvalue weighted by molar-refractivity contribution is 7.99. The zero-order valence-electron chi connectivity index (χ0n) is 63.5. The summed E-state index contributed by atoms with van der Waals surface area (Å²) in [6, 6.07) is -6.59. The molecule has 0 aromatic heterocycles. The maximum absolute atomic E-state index is 15.5. The van der Waals surface area contributed by atoms with E-state index >= 15 is 28.8 Å². The number of aliphatic hydroxyl groups is 2. The summed E-state index contributed by atoms with van der Waals surface area (Å²) in [6.07, 6.45) is 1.52. The van der Waals surface area contributed by atoms with Gasteiger partial charge < -0.3 is 71.5 Å². The minimum absolute atomic E-state index is 0.0208. The average molecular weight is 1400 g/mol. The van der Waals surface area contributed by atoms with Crippen LogP contribution in [0, 0.1) is 41.4 Å². The molecule has 0 bridgehead atoms. The van der Waals surface area contributed by atoms with E-state index in [1.54, 1.807) is 47.6 Å². The van der Waals surface area contributed by atoms with Crippen LogP contribution in [-0.2, 0) is 59.2 Å². The number of hydrogen-bond donors (Lipinski definition) is 7. The van der Waals surface area contributed by atoms with Crippen molar-refractivity contribution < 1.29 is 63.0 Å². The number of hydrogen-bond acceptors (Lipinski definition) is 15. The first kappa shape index (κ1) is 87.5. The van der Waals surface area contributed by atoms with Gasteiger partial charge in [0.25, 0.3) is 0 Å². The van der Waals surface area contributed by atoms with Crippen molar-refractivity contribution in [1.29, 1.82) is 0 Å². The SMILES string of the molecule is CC[C@@H]1NC(=O)[C@H]([C@H](O)[C@H](C)CCCc2cccc(N)c2)N(C)C(=O)[C@H](C(C)C)N(C)C(=O)[C@H](CC(C)C)N(C)C(=O)[C@H](CC(C)C)N(C)C(=O)[C@@H](C)NC(=O)[C@H](C)NC(=O)[C@H](CC(C)C)N(C)C(=O)[C@H](C(C)C)NC(=O)[C@H](CC(C)C)N(C)C(=O)[C@@H](CSCCCCO)N(C)C1=O. The molecule has 558 valence electrons. The fourth-order valence-corrected chi connectivity index (χ4v) is 13.7. The van der Waals surface area contributed by atoms with Gasteiger partial charge in [-0.1, -0.05) is 109 Å². The third-order valence-electron chi connectivity index (χ3n) is 18.7. The molecule has 98 heavy (non-hydrogen) atoms. The summed E-state index contributed by atoms with van der Waals surface area (Å²) in [7, 11) is 10.0. The van der Waals surface area contributed by atoms with E-state index in [9.17, 15) is 34.2 Å². The Kier molecular flexibility index (Phi) is 36.9. The molecule has 1 heterocycles. The van der Waals surface area contributed by atoms with Gasteiger partial charge in [-0.3, -0.25) is 52.7 Å². The lowest BCUT2D eigenvalue weighted by Crippen LogP contribution is -2.64. The van der Waals surface area contributed by atoms with Crippen LogP contribution in [0.25, 0.3) is 0 Å². The number of carbonyl (C=O) groups is 11. The molecular weight excluding hydrogens is 1270 g/mol. The van der Waals surface area contributed by atoms with Gasteiger partial charge in [0.05, 0.1) is 6.10 Å². The Bertz CT molecular complexity index is 2800. The van der Waals surface area contributed by atoms with E-state index in [-0.39, 0.29) is 68.1 Å². The van der Waals surface area contributed by atoms with Crippen molar-refractivity contribution in [3.63, 3.8) is 0 Å². The number of thioether (sulfide) groups is 1. The average Bonchev–Trinajstić information content (AvgIpc) is 0.807. The van der Waals surface area contributed by atoms with Crippen LogP contribution in [0.4, 0.5) is 5.69 Å². The summed E-state index contributed by atoms with van der Waals surface area (Å²) in [5, 5.41) is 33.4. The molecule has 13 atom stereocenters. The number of aliphatic hydroxyl groups excluding tert-OH is 2. The summed E-state index contributed by atoms with van der Waals surface area (Å²) < 4.78 is 0. The number of aryl methyl sites for hydroxylation is 1. The first-order valence-electron chi connectivity index (χ1n) is 35.4. The molecule has 1 aromatic carbocycles. The Morgan fingerprint density at radius 1 is 0.480 bits per heavy atom. The second-order valence-electron chi connectivity index (χ2n) is 29.6. The van der Waals surface area contributed by atoms with E-state index in [0.717, 1.165) is 10.5 Å². The first-order valence-corrected chi connectivity index (χ1v) is 36.5. The van der Waals surface area contributed by atoms with E-state index < -0.39 is 155 Å². The number of benzene rings is 1. The molecule has 11 amide bonds. The second-order valence-corrected chi connectivity index (χ2v) is 30.8. The van der Waals surface area contributed by atoms with Crippen LogP contribution in [0.2, 0.25) is 0 Å². The quantitative estimate of drug-likeness (QED) is 0.0573. The van der Waals surface area contributed by atoms with Crippen molar-refractivity contribution in [2.45, 2.75) is 248 Å². The van der Waals surface area contributed by atoms with E-state index in [2.05, 4.69) is 21.3 Å². The van der Waals surface area contributed by atoms with Crippen LogP contribution < -0.4 is 27.0 Å². The number of nitrogen functional groups attached to an aromatic ring is 1. The normalized spacial score (nSPS) is 25.6. The van der Waals surface area contributed by atoms with Crippen LogP contribution in [0.1, 0.15) is 174 Å². The molecule has 0 radical (unpaired) electrons. The molecule has 25 nitrogen and oxygen atoms in total. The number of amides is 11. The molecule has 1 aliphatic rings. The predicted molar refractivity (Wildman–Crippen MR) is 385 cm³/mol. The summed E-state index contributed by atoms with van der Waals surface area (Å²) in [4.78, 5) is 173. The van der Waals surface area contributed by atoms with Crippen LogP contribution in [0.15, 0.2) is 24.3 Å². The lowest BCUT2D eigenvalue weighted by atomic mass is 9.89. The number of nitrogens with zero attached hydrogens (tertiary/aromatic N) is 7. The number of nitrogens with one attached hydrogen (secondary N) is 4. The van der Waals surface area contributed by atoms with Gasteiger partial charge in [-0.15, -0.1) is 0 Å². The maximum atomic E-state index is 15.5. The molecule has 1 saturated heterocycles. The van der Waals surface area contributed by atoms with Crippen LogP contribution in [-0.4, -0.2) is 250 Å². The molecule has 1 aromatic rings. The van der Waals surface area contributed by atoms with E-state index in [0.29, 0.717) is 43.5 Å². The number of rotatable bonds is 23. The minimum atomic E-state index is -1.67. The minimum Gasteiger partial charge on any atom is -0.399 e. The van der Waals surface area contributed by atoms with Crippen molar-refractivity contribution in [3.8, 4) is 0 Å². The third-order valence-corrected chi connectivity index (χ3v) is 19.8. The van der Waals surface area contributed by atoms with E-state index in [1.165, 1.54) is 104 Å². The zero-order valence-corrected chi connectivity index (χ0v) is 64.3. The molecule has 26 heteroatoms. The number of nitrogens with two attached hydrogens (primary N) is 1. The van der Waals surface area contributed by atoms with Gasteiger partial charge in [0, 0.05) is 67.4 Å². The molecule has 2 rings (SSSR count). The largest absolute Gasteiger partial charge is 0.399 e. The summed E-state index contributed by atoms with van der Waals surface area (Å²) >= 11 is 1.35. The summed E-state index contributed by atoms with van der Waals surface area (Å²) in [5.41, 5.74) is 7.64. The molecule has 0 saturated carbocycles. The highest BCUT2D eigenvalue weighted by Gasteiger charge is 2.46. The topological polar surface area (TPSA) is 325 Å². The molecular formula is C72H126N12O13S. The standard InChI is InChI=1S/C72H126N12O13S/c1-24-52-67(92)82(21)57(40-98-34-26-25-33-85)70(95)78(17)54(36-42(4)5)64(89)77-58(45(10)11)71(96)79(18)53(35-41(2)3)63(88)74-48(15)62(87)75-49(16)66(91)80(19)55(37-43(6)7)68(93)81(20)56(38-44(8)9)69(94)83(22)59(46(12)13)72(97)84(23)60(65(90)76-52)61(86)47(14)29-27-30-50-31-28-32-51(73)39-50/h28,31-32,39,41-49,52-61,85-86H,24-27,29-30,33-38,40,73H2,1-23H3,(H,74,88)(H,75,87)(H,76,90)(H,77,89)/t47-,48+,49-,52+,53+,54+,55+,56+,57-,58+,59+,60+,61-/m1/s1. The van der Waals surface area contributed by atoms with Crippen molar-refractivity contribution in [3.05, 3.63) is 29.8 Å². The van der Waals surface area contributed by atoms with Crippen molar-refractivity contribution in [2.24, 2.45) is 41.4 Å². The predicted octanol–water partition coefficient (Wildman–Crippen LogP) is 4.78. The Hall–Kier alpha value is -6.54. The van der Waals surface area contributed by atoms with Gasteiger partial charge >= 0.3 is 0 Å². The fraction of sp³-hybridized carbons (Fsp3) is 0.764. The van der Waals surface area contributed by atoms with Crippen molar-refractivity contribution in [1.82, 2.24) is 55.6 Å². The van der Waals surface area contributed by atoms with Crippen LogP contribution >= 0.6 is 11.8 Å². The summed E-state index contributed by atoms with van der Waals surface area (Å²) in [5.74, 6) is -9.55. The molecule has 8 N–H and O–H groups in total.